The van der Waals surface area contributed by atoms with E-state index in [2.05, 4.69) is 9.71 Å². The molecule has 0 fully saturated rings. The number of nitrogens with zero attached hydrogens (tertiary/aromatic N) is 1. The molecule has 0 saturated carbocycles. The van der Waals surface area contributed by atoms with Gasteiger partial charge in [-0.3, -0.25) is 4.98 Å². The monoisotopic (exact) mass is 568 g/mol. The Labute approximate surface area is 227 Å². The summed E-state index contributed by atoms with van der Waals surface area (Å²) in [6.45, 7) is 0.708. The Hall–Kier alpha value is -3.57. The van der Waals surface area contributed by atoms with Gasteiger partial charge in [-0.25, -0.2) is 8.42 Å². The maximum absolute atomic E-state index is 13.5. The van der Waals surface area contributed by atoms with Gasteiger partial charge in [-0.1, -0.05) is 66.7 Å². The molecule has 5 nitrogen and oxygen atoms in total. The molecule has 0 radical (unpaired) electrons. The van der Waals surface area contributed by atoms with Crippen molar-refractivity contribution in [2.75, 3.05) is 0 Å². The van der Waals surface area contributed by atoms with E-state index in [-0.39, 0.29) is 16.2 Å². The highest BCUT2D eigenvalue weighted by molar-refractivity contribution is 7.89. The van der Waals surface area contributed by atoms with Gasteiger partial charge in [0.2, 0.25) is 10.0 Å². The van der Waals surface area contributed by atoms with Gasteiger partial charge < -0.3 is 5.11 Å². The van der Waals surface area contributed by atoms with Crippen molar-refractivity contribution in [2.24, 2.45) is 0 Å². The van der Waals surface area contributed by atoms with Crippen LogP contribution in [-0.4, -0.2) is 24.7 Å². The molecule has 10 heteroatoms. The van der Waals surface area contributed by atoms with Gasteiger partial charge in [0, 0.05) is 21.3 Å². The molecule has 2 aromatic heterocycles. The normalized spacial score (nSPS) is 14.7. The number of alkyl halides is 3. The number of aromatic nitrogens is 1. The smallest absolute Gasteiger partial charge is 0.376 e. The number of sulfonamides is 1. The molecule has 2 N–H and O–H groups in total. The van der Waals surface area contributed by atoms with Gasteiger partial charge >= 0.3 is 6.18 Å². The van der Waals surface area contributed by atoms with E-state index in [0.29, 0.717) is 17.4 Å². The van der Waals surface area contributed by atoms with E-state index in [1.165, 1.54) is 35.7 Å². The van der Waals surface area contributed by atoms with Crippen LogP contribution in [0.4, 0.5) is 13.2 Å². The van der Waals surface area contributed by atoms with Crippen LogP contribution >= 0.6 is 11.3 Å². The van der Waals surface area contributed by atoms with Crippen LogP contribution < -0.4 is 4.72 Å². The Morgan fingerprint density at radius 1 is 0.897 bits per heavy atom. The summed E-state index contributed by atoms with van der Waals surface area (Å²) in [5.74, 6) is 0. The molecule has 0 saturated heterocycles. The van der Waals surface area contributed by atoms with Gasteiger partial charge in [0.05, 0.1) is 16.6 Å². The van der Waals surface area contributed by atoms with E-state index in [4.69, 9.17) is 0 Å². The number of fused-ring (bicyclic) bond motifs is 1. The van der Waals surface area contributed by atoms with Crippen LogP contribution in [0, 0.1) is 0 Å². The predicted molar refractivity (Wildman–Crippen MR) is 146 cm³/mol. The molecule has 0 aliphatic heterocycles. The number of hydrogen-bond donors (Lipinski definition) is 2. The number of hydrogen-bond acceptors (Lipinski definition) is 5. The zero-order valence-electron chi connectivity index (χ0n) is 20.6. The number of aliphatic hydroxyl groups is 1. The summed E-state index contributed by atoms with van der Waals surface area (Å²) in [6.07, 6.45) is -3.63. The lowest BCUT2D eigenvalue weighted by atomic mass is 9.94. The molecular weight excluding hydrogens is 545 g/mol. The maximum Gasteiger partial charge on any atom is 0.421 e. The molecule has 2 atom stereocenters. The SMILES string of the molecule is C[C@@](O)(c1ccnc(-c2cccc3cc(C(NS(=O)(=O)c4ccccc4)c4ccccc4)sc23)c1)C(F)(F)F. The molecule has 0 amide bonds. The van der Waals surface area contributed by atoms with Crippen molar-refractivity contribution in [1.82, 2.24) is 9.71 Å². The molecule has 3 aromatic carbocycles. The van der Waals surface area contributed by atoms with E-state index in [1.54, 1.807) is 30.3 Å². The number of benzene rings is 3. The second-order valence-electron chi connectivity index (χ2n) is 9.15. The van der Waals surface area contributed by atoms with E-state index >= 15 is 0 Å². The van der Waals surface area contributed by atoms with Crippen molar-refractivity contribution in [3.05, 3.63) is 119 Å². The number of rotatable bonds is 7. The summed E-state index contributed by atoms with van der Waals surface area (Å²) in [7, 11) is -3.88. The summed E-state index contributed by atoms with van der Waals surface area (Å²) in [4.78, 5) is 5.11. The molecule has 0 aliphatic rings. The Balaban J connectivity index is 1.61. The fraction of sp³-hybridized carbons (Fsp3) is 0.138. The molecule has 0 aliphatic carbocycles. The van der Waals surface area contributed by atoms with Crippen molar-refractivity contribution in [2.45, 2.75) is 29.6 Å². The highest BCUT2D eigenvalue weighted by Crippen LogP contribution is 2.42. The van der Waals surface area contributed by atoms with Gasteiger partial charge in [-0.05, 0) is 53.8 Å². The third-order valence-electron chi connectivity index (χ3n) is 6.46. The lowest BCUT2D eigenvalue weighted by Crippen LogP contribution is -2.39. The lowest BCUT2D eigenvalue weighted by molar-refractivity contribution is -0.258. The van der Waals surface area contributed by atoms with Crippen LogP contribution in [0.25, 0.3) is 21.3 Å². The highest BCUT2D eigenvalue weighted by Gasteiger charge is 2.51. The van der Waals surface area contributed by atoms with Gasteiger partial charge in [0.15, 0.2) is 5.60 Å². The first-order chi connectivity index (χ1) is 18.5. The van der Waals surface area contributed by atoms with Crippen molar-refractivity contribution in [3.63, 3.8) is 0 Å². The zero-order chi connectivity index (χ0) is 27.8. The van der Waals surface area contributed by atoms with Crippen molar-refractivity contribution < 1.29 is 26.7 Å². The van der Waals surface area contributed by atoms with Crippen molar-refractivity contribution >= 4 is 31.4 Å². The lowest BCUT2D eigenvalue weighted by Gasteiger charge is -2.26. The van der Waals surface area contributed by atoms with Gasteiger partial charge in [0.1, 0.15) is 0 Å². The number of pyridine rings is 1. The van der Waals surface area contributed by atoms with Gasteiger partial charge in [-0.2, -0.15) is 17.9 Å². The average Bonchev–Trinajstić information content (AvgIpc) is 3.36. The number of halogens is 3. The molecular formula is C29H23F3N2O3S2. The number of nitrogens with one attached hydrogen (secondary N) is 1. The molecule has 5 aromatic rings. The summed E-state index contributed by atoms with van der Waals surface area (Å²) in [5.41, 5.74) is -1.82. The summed E-state index contributed by atoms with van der Waals surface area (Å²) >= 11 is 1.32. The van der Waals surface area contributed by atoms with Crippen LogP contribution in [0.5, 0.6) is 0 Å². The van der Waals surface area contributed by atoms with Gasteiger partial charge in [-0.15, -0.1) is 11.3 Å². The molecule has 39 heavy (non-hydrogen) atoms. The Morgan fingerprint density at radius 2 is 1.56 bits per heavy atom. The van der Waals surface area contributed by atoms with Crippen molar-refractivity contribution in [1.29, 1.82) is 0 Å². The summed E-state index contributed by atoms with van der Waals surface area (Å²) < 4.78 is 70.6. The topological polar surface area (TPSA) is 79.3 Å². The summed E-state index contributed by atoms with van der Waals surface area (Å²) in [6, 6.07) is 26.1. The highest BCUT2D eigenvalue weighted by atomic mass is 32.2. The van der Waals surface area contributed by atoms with Crippen LogP contribution in [-0.2, 0) is 15.6 Å². The first kappa shape index (κ1) is 27.0. The minimum atomic E-state index is -4.87. The van der Waals surface area contributed by atoms with Gasteiger partial charge in [0.25, 0.3) is 0 Å². The van der Waals surface area contributed by atoms with E-state index < -0.39 is 27.8 Å². The van der Waals surface area contributed by atoms with Crippen LogP contribution in [0.2, 0.25) is 0 Å². The van der Waals surface area contributed by atoms with Crippen LogP contribution in [0.15, 0.2) is 108 Å². The molecule has 2 heterocycles. The molecule has 5 rings (SSSR count). The van der Waals surface area contributed by atoms with E-state index in [0.717, 1.165) is 21.7 Å². The Bertz CT molecular complexity index is 1720. The summed E-state index contributed by atoms with van der Waals surface area (Å²) in [5, 5.41) is 11.0. The fourth-order valence-electron chi connectivity index (χ4n) is 4.23. The predicted octanol–water partition coefficient (Wildman–Crippen LogP) is 6.80. The van der Waals surface area contributed by atoms with Crippen LogP contribution in [0.1, 0.15) is 29.0 Å². The zero-order valence-corrected chi connectivity index (χ0v) is 22.2. The second-order valence-corrected chi connectivity index (χ2v) is 11.9. The molecule has 0 bridgehead atoms. The average molecular weight is 569 g/mol. The first-order valence-corrected chi connectivity index (χ1v) is 14.2. The van der Waals surface area contributed by atoms with E-state index in [1.807, 2.05) is 42.5 Å². The molecule has 0 spiro atoms. The van der Waals surface area contributed by atoms with Crippen molar-refractivity contribution in [3.8, 4) is 11.3 Å². The minimum Gasteiger partial charge on any atom is -0.376 e. The Kier molecular flexibility index (Phi) is 7.06. The molecule has 200 valence electrons. The quantitative estimate of drug-likeness (QED) is 0.226. The standard InChI is InChI=1S/C29H23F3N2O3S2/c1-28(35,29(30,31)32)21-15-16-33-24(18-21)23-14-8-11-20-17-25(38-27(20)23)26(19-9-4-2-5-10-19)34-39(36,37)22-12-6-3-7-13-22/h2-18,26,34-35H,1H3/t26?,28-/m1/s1. The maximum atomic E-state index is 13.5. The van der Waals surface area contributed by atoms with Crippen LogP contribution in [0.3, 0.4) is 0 Å². The Morgan fingerprint density at radius 3 is 2.23 bits per heavy atom. The largest absolute Gasteiger partial charge is 0.421 e. The third-order valence-corrected chi connectivity index (χ3v) is 9.14. The second kappa shape index (κ2) is 10.2. The minimum absolute atomic E-state index is 0.130. The molecule has 1 unspecified atom stereocenters. The first-order valence-electron chi connectivity index (χ1n) is 11.9. The third kappa shape index (κ3) is 5.33. The number of thiophene rings is 1. The fourth-order valence-corrected chi connectivity index (χ4v) is 6.79. The van der Waals surface area contributed by atoms with E-state index in [9.17, 15) is 26.7 Å².